The molecule has 2 amide bonds. The average molecular weight is 1180 g/mol. The van der Waals surface area contributed by atoms with Crippen LogP contribution in [-0.2, 0) is 62.3 Å². The maximum atomic E-state index is 13.3. The number of carbonyl (C=O) groups excluding carboxylic acids is 2. The first-order valence-electron chi connectivity index (χ1n) is 25.8. The zero-order valence-electron chi connectivity index (χ0n) is 43.9. The maximum Gasteiger partial charge on any atom is 0.323 e. The van der Waals surface area contributed by atoms with Crippen LogP contribution >= 0.6 is 0 Å². The molecule has 1 saturated heterocycles. The Morgan fingerprint density at radius 1 is 0.691 bits per heavy atom. The van der Waals surface area contributed by atoms with Gasteiger partial charge in [0.1, 0.15) is 12.3 Å². The van der Waals surface area contributed by atoms with Crippen molar-refractivity contribution in [2.75, 3.05) is 78.9 Å². The molecule has 81 heavy (non-hydrogen) atoms. The number of benzene rings is 4. The lowest BCUT2D eigenvalue weighted by molar-refractivity contribution is -0.138. The summed E-state index contributed by atoms with van der Waals surface area (Å²) < 4.78 is 108. The second-order valence-corrected chi connectivity index (χ2v) is 23.0. The van der Waals surface area contributed by atoms with E-state index >= 15 is 0 Å². The second-order valence-electron chi connectivity index (χ2n) is 18.1. The standard InChI is InChI=1S/C52H64N12O14S3/c65-49(39-12-18-46-42(32-39)35-60-64(46)25-3-20-54-52-55-23-24-56-52)58-36-45(51(67)68)63-80(71,72)44-16-10-38(11-17-44)37-8-14-43(15-9-37)79(69,70)61-22-5-27-77-29-31-78-30-28-76-26-4-21-53-50(66)41-13-19-48(57-33-41)62-59-34-40-6-1-2-7-47(40)81(73,74)75/h1-2,6-19,32-33,35,45,52,54-56,61,63H,3-5,20-31,34,36H2,(H,53,66)(H,58,65)(H,67,68)(H,73,74,75). The van der Waals surface area contributed by atoms with E-state index in [1.165, 1.54) is 72.9 Å². The van der Waals surface area contributed by atoms with E-state index in [2.05, 4.69) is 56.3 Å². The van der Waals surface area contributed by atoms with Gasteiger partial charge in [-0.25, -0.2) is 26.5 Å². The molecule has 4 aromatic carbocycles. The number of carboxylic acid groups (broad SMARTS) is 1. The average Bonchev–Trinajstić information content (AvgIpc) is 4.15. The third-order valence-corrected chi connectivity index (χ3v) is 16.2. The number of carboxylic acids is 1. The molecule has 0 radical (unpaired) electrons. The number of hydrogen-bond donors (Lipinski definition) is 9. The topological polar surface area (TPSA) is 361 Å². The normalized spacial score (nSPS) is 13.7. The van der Waals surface area contributed by atoms with Crippen LogP contribution < -0.4 is 36.0 Å². The number of pyridine rings is 1. The van der Waals surface area contributed by atoms with E-state index < -0.39 is 54.6 Å². The molecule has 1 aliphatic heterocycles. The van der Waals surface area contributed by atoms with Crippen LogP contribution in [0.15, 0.2) is 140 Å². The highest BCUT2D eigenvalue weighted by atomic mass is 32.2. The predicted octanol–water partition coefficient (Wildman–Crippen LogP) is 2.78. The Labute approximate surface area is 468 Å². The zero-order valence-corrected chi connectivity index (χ0v) is 46.3. The summed E-state index contributed by atoms with van der Waals surface area (Å²) in [6, 6.07) is 23.8. The van der Waals surface area contributed by atoms with Crippen LogP contribution in [0.1, 0.15) is 45.5 Å². The first-order chi connectivity index (χ1) is 39.0. The van der Waals surface area contributed by atoms with E-state index in [4.69, 9.17) is 14.2 Å². The number of nitrogens with one attached hydrogen (secondary N) is 7. The van der Waals surface area contributed by atoms with Gasteiger partial charge >= 0.3 is 5.97 Å². The highest BCUT2D eigenvalue weighted by Gasteiger charge is 2.27. The molecule has 0 spiro atoms. The van der Waals surface area contributed by atoms with Gasteiger partial charge in [-0.2, -0.15) is 23.4 Å². The van der Waals surface area contributed by atoms with Crippen molar-refractivity contribution in [3.05, 3.63) is 132 Å². The van der Waals surface area contributed by atoms with E-state index in [-0.39, 0.29) is 63.5 Å². The van der Waals surface area contributed by atoms with Crippen LogP contribution in [-0.4, -0.2) is 159 Å². The second kappa shape index (κ2) is 30.2. The number of aromatic nitrogens is 3. The summed E-state index contributed by atoms with van der Waals surface area (Å²) >= 11 is 0. The third-order valence-electron chi connectivity index (χ3n) is 12.3. The minimum absolute atomic E-state index is 0.0227. The molecule has 7 rings (SSSR count). The summed E-state index contributed by atoms with van der Waals surface area (Å²) in [5.74, 6) is -2.21. The summed E-state index contributed by atoms with van der Waals surface area (Å²) in [6.07, 6.45) is 4.85. The Morgan fingerprint density at radius 3 is 1.95 bits per heavy atom. The van der Waals surface area contributed by atoms with E-state index in [9.17, 15) is 49.3 Å². The molecule has 26 nitrogen and oxygen atoms in total. The van der Waals surface area contributed by atoms with Gasteiger partial charge in [-0.15, -0.1) is 5.11 Å². The number of azo groups is 1. The van der Waals surface area contributed by atoms with Gasteiger partial charge in [0.25, 0.3) is 21.9 Å². The lowest BCUT2D eigenvalue weighted by Crippen LogP contribution is -2.48. The fourth-order valence-electron chi connectivity index (χ4n) is 8.05. The van der Waals surface area contributed by atoms with Crippen LogP contribution in [0.5, 0.6) is 0 Å². The quantitative estimate of drug-likeness (QED) is 0.0159. The van der Waals surface area contributed by atoms with Gasteiger partial charge in [-0.05, 0) is 103 Å². The Kier molecular flexibility index (Phi) is 22.9. The monoisotopic (exact) mass is 1180 g/mol. The minimum atomic E-state index is -4.40. The number of ether oxygens (including phenoxy) is 3. The summed E-state index contributed by atoms with van der Waals surface area (Å²) in [5.41, 5.74) is 2.82. The van der Waals surface area contributed by atoms with Gasteiger partial charge in [0, 0.05) is 69.6 Å². The third kappa shape index (κ3) is 19.0. The van der Waals surface area contributed by atoms with Gasteiger partial charge < -0.3 is 30.0 Å². The molecule has 0 aliphatic carbocycles. The van der Waals surface area contributed by atoms with Gasteiger partial charge in [-0.1, -0.05) is 42.5 Å². The molecule has 434 valence electrons. The number of hydrogen-bond acceptors (Lipinski definition) is 19. The number of rotatable bonds is 34. The van der Waals surface area contributed by atoms with E-state index in [1.807, 2.05) is 4.68 Å². The van der Waals surface area contributed by atoms with E-state index in [0.717, 1.165) is 37.0 Å². The van der Waals surface area contributed by atoms with Crippen molar-refractivity contribution < 1.29 is 63.5 Å². The number of fused-ring (bicyclic) bond motifs is 1. The number of carbonyl (C=O) groups is 3. The summed E-state index contributed by atoms with van der Waals surface area (Å²) in [7, 11) is -12.6. The number of amides is 2. The van der Waals surface area contributed by atoms with Crippen LogP contribution in [0.3, 0.4) is 0 Å². The van der Waals surface area contributed by atoms with Crippen LogP contribution in [0.25, 0.3) is 22.0 Å². The molecule has 1 aliphatic rings. The molecule has 1 unspecified atom stereocenters. The number of nitrogens with zero attached hydrogens (tertiary/aromatic N) is 5. The van der Waals surface area contributed by atoms with Gasteiger partial charge in [0.05, 0.1) is 64.9 Å². The molecule has 2 aromatic heterocycles. The van der Waals surface area contributed by atoms with E-state index in [0.29, 0.717) is 75.7 Å². The zero-order chi connectivity index (χ0) is 57.7. The van der Waals surface area contributed by atoms with E-state index in [1.54, 1.807) is 42.6 Å². The SMILES string of the molecule is O=C(NCCCOCCOCCOCCCNS(=O)(=O)c1ccc(-c2ccc(S(=O)(=O)NC(CNC(=O)c3ccc4c(cnn4CCCNC4NCCN4)c3)C(=O)O)cc2)cc1)c1ccc(N=NCc2ccccc2S(=O)(=O)O)nc1. The van der Waals surface area contributed by atoms with Crippen molar-refractivity contribution in [1.29, 1.82) is 0 Å². The van der Waals surface area contributed by atoms with Crippen molar-refractivity contribution in [2.24, 2.45) is 10.2 Å². The smallest absolute Gasteiger partial charge is 0.323 e. The van der Waals surface area contributed by atoms with Crippen molar-refractivity contribution in [3.8, 4) is 11.1 Å². The molecule has 0 bridgehead atoms. The van der Waals surface area contributed by atoms with Gasteiger partial charge in [-0.3, -0.25) is 39.6 Å². The Balaban J connectivity index is 0.718. The predicted molar refractivity (Wildman–Crippen MR) is 296 cm³/mol. The molecule has 6 aromatic rings. The van der Waals surface area contributed by atoms with Crippen LogP contribution in [0, 0.1) is 0 Å². The van der Waals surface area contributed by atoms with Gasteiger partial charge in [0.2, 0.25) is 20.0 Å². The van der Waals surface area contributed by atoms with Crippen molar-refractivity contribution >= 4 is 64.7 Å². The highest BCUT2D eigenvalue weighted by molar-refractivity contribution is 7.89. The summed E-state index contributed by atoms with van der Waals surface area (Å²) in [5, 5.41) is 38.1. The van der Waals surface area contributed by atoms with Crippen LogP contribution in [0.2, 0.25) is 0 Å². The lowest BCUT2D eigenvalue weighted by atomic mass is 10.1. The molecule has 1 atom stereocenters. The number of aliphatic carboxylic acids is 1. The molecule has 3 heterocycles. The van der Waals surface area contributed by atoms with Crippen LogP contribution in [0.4, 0.5) is 5.82 Å². The van der Waals surface area contributed by atoms with Gasteiger partial charge in [0.15, 0.2) is 5.82 Å². The van der Waals surface area contributed by atoms with Crippen molar-refractivity contribution in [1.82, 2.24) is 50.8 Å². The summed E-state index contributed by atoms with van der Waals surface area (Å²) in [6.45, 7) is 5.00. The Morgan fingerprint density at radius 2 is 1.31 bits per heavy atom. The first kappa shape index (κ1) is 61.6. The fraction of sp³-hybridized carbons (Fsp3) is 0.365. The van der Waals surface area contributed by atoms with Crippen molar-refractivity contribution in [3.63, 3.8) is 0 Å². The lowest BCUT2D eigenvalue weighted by Gasteiger charge is -2.16. The fourth-order valence-corrected chi connectivity index (χ4v) is 11.0. The minimum Gasteiger partial charge on any atom is -0.480 e. The molecule has 1 fully saturated rings. The molecule has 29 heteroatoms. The Bertz CT molecular complexity index is 3420. The van der Waals surface area contributed by atoms with Crippen molar-refractivity contribution in [2.45, 2.75) is 59.4 Å². The largest absolute Gasteiger partial charge is 0.480 e. The maximum absolute atomic E-state index is 13.3. The number of sulfonamides is 2. The highest BCUT2D eigenvalue weighted by Crippen LogP contribution is 2.24. The molecular formula is C52H64N12O14S3. The Hall–Kier alpha value is -7.00. The molecule has 0 saturated carbocycles. The number of aryl methyl sites for hydroxylation is 1. The molecule has 9 N–H and O–H groups in total. The molecular weight excluding hydrogens is 1110 g/mol. The first-order valence-corrected chi connectivity index (χ1v) is 30.2. The summed E-state index contributed by atoms with van der Waals surface area (Å²) in [4.78, 5) is 41.3.